The lowest BCUT2D eigenvalue weighted by Crippen LogP contribution is -2.14. The number of hydrogen-bond acceptors (Lipinski definition) is 0. The highest BCUT2D eigenvalue weighted by molar-refractivity contribution is 5.92. The van der Waals surface area contributed by atoms with Gasteiger partial charge in [0.05, 0.1) is 0 Å². The molecule has 142 valence electrons. The van der Waals surface area contributed by atoms with Crippen molar-refractivity contribution >= 4 is 10.8 Å². The maximum absolute atomic E-state index is 14.8. The zero-order valence-electron chi connectivity index (χ0n) is 15.6. The molecule has 1 aliphatic carbocycles. The Hall–Kier alpha value is -1.58. The molecule has 0 saturated heterocycles. The first-order valence-electron chi connectivity index (χ1n) is 9.83. The van der Waals surface area contributed by atoms with Gasteiger partial charge in [-0.1, -0.05) is 26.7 Å². The van der Waals surface area contributed by atoms with E-state index >= 15 is 0 Å². The zero-order chi connectivity index (χ0) is 18.8. The van der Waals surface area contributed by atoms with Crippen LogP contribution in [0, 0.1) is 23.3 Å². The third kappa shape index (κ3) is 3.12. The number of halogens is 4. The van der Waals surface area contributed by atoms with Crippen molar-refractivity contribution in [3.63, 3.8) is 0 Å². The summed E-state index contributed by atoms with van der Waals surface area (Å²) in [5.41, 5.74) is 3.53. The molecule has 0 unspecified atom stereocenters. The molecule has 0 nitrogen and oxygen atoms in total. The number of rotatable bonds is 6. The number of unbranched alkanes of at least 4 members (excludes halogenated alkanes) is 2. The van der Waals surface area contributed by atoms with Gasteiger partial charge in [0.2, 0.25) is 0 Å². The van der Waals surface area contributed by atoms with Crippen LogP contribution >= 0.6 is 0 Å². The number of hydrogen-bond donors (Lipinski definition) is 0. The number of benzene rings is 2. The van der Waals surface area contributed by atoms with Gasteiger partial charge in [-0.2, -0.15) is 0 Å². The van der Waals surface area contributed by atoms with Crippen molar-refractivity contribution in [1.29, 1.82) is 0 Å². The van der Waals surface area contributed by atoms with Crippen LogP contribution in [-0.4, -0.2) is 0 Å². The van der Waals surface area contributed by atoms with Gasteiger partial charge in [-0.3, -0.25) is 0 Å². The molecule has 0 bridgehead atoms. The summed E-state index contributed by atoms with van der Waals surface area (Å²) in [6, 6.07) is 0. The Balaban J connectivity index is 2.44. The summed E-state index contributed by atoms with van der Waals surface area (Å²) >= 11 is 0. The van der Waals surface area contributed by atoms with Crippen LogP contribution < -0.4 is 0 Å². The van der Waals surface area contributed by atoms with E-state index in [1.54, 1.807) is 0 Å². The van der Waals surface area contributed by atoms with Gasteiger partial charge in [-0.25, -0.2) is 17.6 Å². The smallest absolute Gasteiger partial charge is 0.198 e. The van der Waals surface area contributed by atoms with Gasteiger partial charge in [-0.05, 0) is 73.6 Å². The monoisotopic (exact) mass is 366 g/mol. The molecular weight excluding hydrogens is 340 g/mol. The molecule has 1 aliphatic rings. The van der Waals surface area contributed by atoms with Crippen LogP contribution in [0.5, 0.6) is 0 Å². The summed E-state index contributed by atoms with van der Waals surface area (Å²) in [5.74, 6) is -5.83. The van der Waals surface area contributed by atoms with Gasteiger partial charge >= 0.3 is 0 Å². The lowest BCUT2D eigenvalue weighted by molar-refractivity contribution is 0.417. The highest BCUT2D eigenvalue weighted by Gasteiger charge is 2.29. The van der Waals surface area contributed by atoms with Crippen LogP contribution in [-0.2, 0) is 25.7 Å². The van der Waals surface area contributed by atoms with Crippen LogP contribution in [0.2, 0.25) is 0 Å². The molecule has 0 heterocycles. The first-order chi connectivity index (χ1) is 12.5. The first-order valence-corrected chi connectivity index (χ1v) is 9.83. The molecule has 2 aromatic rings. The Morgan fingerprint density at radius 1 is 0.615 bits per heavy atom. The summed E-state index contributed by atoms with van der Waals surface area (Å²) < 4.78 is 57.7. The topological polar surface area (TPSA) is 0 Å². The minimum absolute atomic E-state index is 0.0124. The number of fused-ring (bicyclic) bond motifs is 2. The second-order valence-electron chi connectivity index (χ2n) is 7.33. The van der Waals surface area contributed by atoms with E-state index in [4.69, 9.17) is 0 Å². The second kappa shape index (κ2) is 7.98. The Bertz CT molecular complexity index is 755. The van der Waals surface area contributed by atoms with Gasteiger partial charge in [-0.15, -0.1) is 0 Å². The fourth-order valence-electron chi connectivity index (χ4n) is 4.33. The lowest BCUT2D eigenvalue weighted by atomic mass is 9.78. The predicted octanol–water partition coefficient (Wildman–Crippen LogP) is 6.96. The standard InChI is InChI=1S/C22H26F4/c1-3-5-9-15-13-11-7-8-12-14(13)16(10-6-4-2)18-17(15)19(23)21(25)22(26)20(18)24/h3-12H2,1-2H3. The van der Waals surface area contributed by atoms with Crippen LogP contribution in [0.15, 0.2) is 0 Å². The molecule has 3 rings (SSSR count). The average molecular weight is 366 g/mol. The van der Waals surface area contributed by atoms with Gasteiger partial charge in [0.25, 0.3) is 0 Å². The van der Waals surface area contributed by atoms with E-state index < -0.39 is 23.3 Å². The minimum Gasteiger partial charge on any atom is -0.203 e. The fourth-order valence-corrected chi connectivity index (χ4v) is 4.33. The highest BCUT2D eigenvalue weighted by atomic mass is 19.2. The van der Waals surface area contributed by atoms with Crippen molar-refractivity contribution in [2.45, 2.75) is 78.1 Å². The normalized spacial score (nSPS) is 14.1. The van der Waals surface area contributed by atoms with E-state index in [-0.39, 0.29) is 10.8 Å². The predicted molar refractivity (Wildman–Crippen MR) is 97.6 cm³/mol. The first kappa shape index (κ1) is 19.2. The molecule has 0 saturated carbocycles. The SMILES string of the molecule is CCCCc1c2c(c(CCCC)c3c(F)c(F)c(F)c(F)c13)CCCC2. The summed E-state index contributed by atoms with van der Waals surface area (Å²) in [4.78, 5) is 0. The molecule has 2 aromatic carbocycles. The quantitative estimate of drug-likeness (QED) is 0.294. The minimum atomic E-state index is -1.69. The molecule has 0 N–H and O–H groups in total. The van der Waals surface area contributed by atoms with Crippen LogP contribution in [0.3, 0.4) is 0 Å². The molecule has 0 fully saturated rings. The molecular formula is C22H26F4. The zero-order valence-corrected chi connectivity index (χ0v) is 15.6. The highest BCUT2D eigenvalue weighted by Crippen LogP contribution is 2.40. The van der Waals surface area contributed by atoms with Crippen molar-refractivity contribution in [2.75, 3.05) is 0 Å². The molecule has 4 heteroatoms. The van der Waals surface area contributed by atoms with Crippen molar-refractivity contribution in [3.8, 4) is 0 Å². The fraction of sp³-hybridized carbons (Fsp3) is 0.545. The van der Waals surface area contributed by atoms with E-state index in [1.807, 2.05) is 13.8 Å². The maximum Gasteiger partial charge on any atom is 0.198 e. The third-order valence-corrected chi connectivity index (χ3v) is 5.63. The van der Waals surface area contributed by atoms with E-state index in [9.17, 15) is 17.6 Å². The summed E-state index contributed by atoms with van der Waals surface area (Å²) in [5, 5.41) is -0.0248. The van der Waals surface area contributed by atoms with Crippen LogP contribution in [0.1, 0.15) is 74.6 Å². The Morgan fingerprint density at radius 2 is 1.00 bits per heavy atom. The third-order valence-electron chi connectivity index (χ3n) is 5.63. The van der Waals surface area contributed by atoms with E-state index in [2.05, 4.69) is 0 Å². The average Bonchev–Trinajstić information content (AvgIpc) is 2.66. The molecule has 0 aliphatic heterocycles. The molecule has 0 atom stereocenters. The van der Waals surface area contributed by atoms with Gasteiger partial charge in [0.1, 0.15) is 0 Å². The lowest BCUT2D eigenvalue weighted by Gasteiger charge is -2.26. The van der Waals surface area contributed by atoms with Gasteiger partial charge < -0.3 is 0 Å². The molecule has 0 radical (unpaired) electrons. The van der Waals surface area contributed by atoms with E-state index in [1.165, 1.54) is 0 Å². The van der Waals surface area contributed by atoms with Crippen molar-refractivity contribution < 1.29 is 17.6 Å². The van der Waals surface area contributed by atoms with Crippen LogP contribution in [0.4, 0.5) is 17.6 Å². The van der Waals surface area contributed by atoms with Crippen LogP contribution in [0.25, 0.3) is 10.8 Å². The van der Waals surface area contributed by atoms with Gasteiger partial charge in [0, 0.05) is 10.8 Å². The van der Waals surface area contributed by atoms with Gasteiger partial charge in [0.15, 0.2) is 23.3 Å². The Kier molecular flexibility index (Phi) is 5.89. The Morgan fingerprint density at radius 3 is 1.35 bits per heavy atom. The second-order valence-corrected chi connectivity index (χ2v) is 7.33. The molecule has 26 heavy (non-hydrogen) atoms. The number of aryl methyl sites for hydroxylation is 2. The summed E-state index contributed by atoms with van der Waals surface area (Å²) in [7, 11) is 0. The Labute approximate surface area is 152 Å². The molecule has 0 aromatic heterocycles. The largest absolute Gasteiger partial charge is 0.203 e. The maximum atomic E-state index is 14.8. The molecule has 0 amide bonds. The van der Waals surface area contributed by atoms with Crippen molar-refractivity contribution in [2.24, 2.45) is 0 Å². The summed E-state index contributed by atoms with van der Waals surface area (Å²) in [6.45, 7) is 4.06. The van der Waals surface area contributed by atoms with E-state index in [0.717, 1.165) is 62.5 Å². The van der Waals surface area contributed by atoms with E-state index in [0.29, 0.717) is 24.0 Å². The summed E-state index contributed by atoms with van der Waals surface area (Å²) in [6.07, 6.45) is 8.20. The molecule has 0 spiro atoms. The van der Waals surface area contributed by atoms with Crippen molar-refractivity contribution in [1.82, 2.24) is 0 Å². The van der Waals surface area contributed by atoms with Crippen molar-refractivity contribution in [3.05, 3.63) is 45.5 Å².